The van der Waals surface area contributed by atoms with Crippen molar-refractivity contribution in [3.63, 3.8) is 0 Å². The highest BCUT2D eigenvalue weighted by Crippen LogP contribution is 2.23. The normalized spacial score (nSPS) is 10.8. The Bertz CT molecular complexity index is 555. The highest BCUT2D eigenvalue weighted by molar-refractivity contribution is 7.80. The van der Waals surface area contributed by atoms with Crippen molar-refractivity contribution >= 4 is 23.6 Å². The number of hydrogen-bond donors (Lipinski definition) is 1. The third kappa shape index (κ3) is 1.44. The lowest BCUT2D eigenvalue weighted by atomic mass is 10.1. The maximum absolute atomic E-state index is 11.1. The van der Waals surface area contributed by atoms with E-state index in [1.807, 2.05) is 19.9 Å². The van der Waals surface area contributed by atoms with Gasteiger partial charge in [0.2, 0.25) is 0 Å². The molecule has 0 saturated carbocycles. The summed E-state index contributed by atoms with van der Waals surface area (Å²) >= 11 is 4.28. The van der Waals surface area contributed by atoms with Crippen LogP contribution in [0.2, 0.25) is 0 Å². The van der Waals surface area contributed by atoms with E-state index in [2.05, 4.69) is 12.6 Å². The average molecular weight is 206 g/mol. The van der Waals surface area contributed by atoms with Crippen LogP contribution in [0.1, 0.15) is 11.1 Å². The Morgan fingerprint density at radius 1 is 1.14 bits per heavy atom. The predicted octanol–water partition coefficient (Wildman–Crippen LogP) is 2.70. The zero-order valence-corrected chi connectivity index (χ0v) is 8.89. The lowest BCUT2D eigenvalue weighted by Gasteiger charge is -2.03. The van der Waals surface area contributed by atoms with Crippen LogP contribution in [-0.4, -0.2) is 0 Å². The second-order valence-electron chi connectivity index (χ2n) is 3.38. The van der Waals surface area contributed by atoms with Crippen LogP contribution in [0.25, 0.3) is 11.0 Å². The molecule has 0 aliphatic rings. The Hall–Kier alpha value is -1.22. The number of thiol groups is 1. The Labute approximate surface area is 87.0 Å². The number of aryl methyl sites for hydroxylation is 2. The van der Waals surface area contributed by atoms with E-state index in [0.29, 0.717) is 5.58 Å². The summed E-state index contributed by atoms with van der Waals surface area (Å²) in [5.41, 5.74) is 2.31. The maximum Gasteiger partial charge on any atom is 0.336 e. The zero-order valence-electron chi connectivity index (χ0n) is 8.00. The first-order valence-corrected chi connectivity index (χ1v) is 4.77. The summed E-state index contributed by atoms with van der Waals surface area (Å²) in [4.78, 5) is 11.9. The molecule has 72 valence electrons. The first kappa shape index (κ1) is 9.34. The summed E-state index contributed by atoms with van der Waals surface area (Å²) in [7, 11) is 0. The van der Waals surface area contributed by atoms with Crippen LogP contribution in [-0.2, 0) is 0 Å². The largest absolute Gasteiger partial charge is 0.423 e. The van der Waals surface area contributed by atoms with E-state index in [1.54, 1.807) is 6.07 Å². The molecule has 2 rings (SSSR count). The quantitative estimate of drug-likeness (QED) is 0.530. The smallest absolute Gasteiger partial charge is 0.336 e. The van der Waals surface area contributed by atoms with Gasteiger partial charge < -0.3 is 4.42 Å². The minimum absolute atomic E-state index is 0.313. The molecular weight excluding hydrogens is 196 g/mol. The van der Waals surface area contributed by atoms with E-state index in [1.165, 1.54) is 6.07 Å². The summed E-state index contributed by atoms with van der Waals surface area (Å²) < 4.78 is 5.07. The predicted molar refractivity (Wildman–Crippen MR) is 59.2 cm³/mol. The summed E-state index contributed by atoms with van der Waals surface area (Å²) in [6.07, 6.45) is 0. The first-order valence-electron chi connectivity index (χ1n) is 4.32. The lowest BCUT2D eigenvalue weighted by Crippen LogP contribution is -1.98. The molecule has 2 nitrogen and oxygen atoms in total. The van der Waals surface area contributed by atoms with Gasteiger partial charge in [0.25, 0.3) is 0 Å². The van der Waals surface area contributed by atoms with E-state index < -0.39 is 0 Å². The number of hydrogen-bond acceptors (Lipinski definition) is 3. The fraction of sp³-hybridized carbons (Fsp3) is 0.182. The highest BCUT2D eigenvalue weighted by atomic mass is 32.1. The topological polar surface area (TPSA) is 30.2 Å². The van der Waals surface area contributed by atoms with Gasteiger partial charge >= 0.3 is 5.63 Å². The van der Waals surface area contributed by atoms with E-state index in [0.717, 1.165) is 21.4 Å². The number of rotatable bonds is 0. The summed E-state index contributed by atoms with van der Waals surface area (Å²) in [5, 5.41) is 0.972. The molecule has 0 radical (unpaired) electrons. The van der Waals surface area contributed by atoms with Crippen molar-refractivity contribution in [2.75, 3.05) is 0 Å². The fourth-order valence-corrected chi connectivity index (χ4v) is 1.64. The van der Waals surface area contributed by atoms with Crippen LogP contribution in [0.15, 0.2) is 32.3 Å². The van der Waals surface area contributed by atoms with Crippen LogP contribution in [0.5, 0.6) is 0 Å². The Kier molecular flexibility index (Phi) is 2.11. The van der Waals surface area contributed by atoms with Crippen molar-refractivity contribution in [1.29, 1.82) is 0 Å². The molecule has 1 aromatic carbocycles. The van der Waals surface area contributed by atoms with Crippen molar-refractivity contribution in [3.05, 3.63) is 39.7 Å². The van der Waals surface area contributed by atoms with Gasteiger partial charge in [0.05, 0.1) is 0 Å². The third-order valence-corrected chi connectivity index (χ3v) is 2.75. The van der Waals surface area contributed by atoms with Gasteiger partial charge in [-0.2, -0.15) is 0 Å². The molecule has 0 bridgehead atoms. The standard InChI is InChI=1S/C11H10O2S/c1-6-4-11(12)13-9-5-10(14)7(2)3-8(6)9/h3-5,14H,1-2H3. The molecule has 0 N–H and O–H groups in total. The molecule has 0 aliphatic heterocycles. The summed E-state index contributed by atoms with van der Waals surface area (Å²) in [5.74, 6) is 0. The molecule has 0 atom stereocenters. The molecule has 0 fully saturated rings. The van der Waals surface area contributed by atoms with Gasteiger partial charge in [-0.1, -0.05) is 0 Å². The van der Waals surface area contributed by atoms with Crippen LogP contribution in [0.4, 0.5) is 0 Å². The van der Waals surface area contributed by atoms with Gasteiger partial charge in [-0.25, -0.2) is 4.79 Å². The van der Waals surface area contributed by atoms with Crippen molar-refractivity contribution in [2.24, 2.45) is 0 Å². The van der Waals surface area contributed by atoms with Gasteiger partial charge in [-0.3, -0.25) is 0 Å². The summed E-state index contributed by atoms with van der Waals surface area (Å²) in [6, 6.07) is 5.26. The Balaban J connectivity index is 2.96. The van der Waals surface area contributed by atoms with Crippen LogP contribution in [0, 0.1) is 13.8 Å². The second-order valence-corrected chi connectivity index (χ2v) is 3.87. The van der Waals surface area contributed by atoms with Gasteiger partial charge in [-0.05, 0) is 37.1 Å². The first-order chi connectivity index (χ1) is 6.58. The number of benzene rings is 1. The van der Waals surface area contributed by atoms with Crippen LogP contribution < -0.4 is 5.63 Å². The molecule has 1 heterocycles. The van der Waals surface area contributed by atoms with Crippen LogP contribution >= 0.6 is 12.6 Å². The van der Waals surface area contributed by atoms with E-state index in [-0.39, 0.29) is 5.63 Å². The monoisotopic (exact) mass is 206 g/mol. The maximum atomic E-state index is 11.1. The second kappa shape index (κ2) is 3.17. The molecule has 0 saturated heterocycles. The zero-order chi connectivity index (χ0) is 10.3. The number of fused-ring (bicyclic) bond motifs is 1. The van der Waals surface area contributed by atoms with E-state index in [9.17, 15) is 4.79 Å². The Morgan fingerprint density at radius 2 is 1.86 bits per heavy atom. The minimum Gasteiger partial charge on any atom is -0.423 e. The van der Waals surface area contributed by atoms with Crippen LogP contribution in [0.3, 0.4) is 0 Å². The molecule has 1 aromatic heterocycles. The molecule has 3 heteroatoms. The van der Waals surface area contributed by atoms with Crippen molar-refractivity contribution in [1.82, 2.24) is 0 Å². The van der Waals surface area contributed by atoms with Crippen molar-refractivity contribution < 1.29 is 4.42 Å². The van der Waals surface area contributed by atoms with Gasteiger partial charge in [0.15, 0.2) is 0 Å². The van der Waals surface area contributed by atoms with E-state index in [4.69, 9.17) is 4.42 Å². The highest BCUT2D eigenvalue weighted by Gasteiger charge is 2.04. The van der Waals surface area contributed by atoms with Crippen molar-refractivity contribution in [3.8, 4) is 0 Å². The van der Waals surface area contributed by atoms with Gasteiger partial charge in [0, 0.05) is 16.3 Å². The van der Waals surface area contributed by atoms with Crippen molar-refractivity contribution in [2.45, 2.75) is 18.7 Å². The molecule has 0 unspecified atom stereocenters. The third-order valence-electron chi connectivity index (χ3n) is 2.27. The average Bonchev–Trinajstić information content (AvgIpc) is 2.08. The minimum atomic E-state index is -0.313. The molecule has 2 aromatic rings. The Morgan fingerprint density at radius 3 is 2.57 bits per heavy atom. The molecular formula is C11H10O2S. The lowest BCUT2D eigenvalue weighted by molar-refractivity contribution is 0.559. The molecule has 0 spiro atoms. The fourth-order valence-electron chi connectivity index (χ4n) is 1.46. The summed E-state index contributed by atoms with van der Waals surface area (Å²) in [6.45, 7) is 3.88. The molecule has 14 heavy (non-hydrogen) atoms. The van der Waals surface area contributed by atoms with Gasteiger partial charge in [-0.15, -0.1) is 12.6 Å². The van der Waals surface area contributed by atoms with Gasteiger partial charge in [0.1, 0.15) is 5.58 Å². The molecule has 0 amide bonds. The van der Waals surface area contributed by atoms with E-state index >= 15 is 0 Å². The SMILES string of the molecule is Cc1cc2c(C)cc(=O)oc2cc1S. The molecule has 0 aliphatic carbocycles.